The fourth-order valence-electron chi connectivity index (χ4n) is 7.15. The second-order valence-corrected chi connectivity index (χ2v) is 12.9. The fourth-order valence-corrected chi connectivity index (χ4v) is 7.53. The number of carbonyl (C=O) groups is 2. The Morgan fingerprint density at radius 1 is 1.02 bits per heavy atom. The Balaban J connectivity index is 1.35. The van der Waals surface area contributed by atoms with E-state index >= 15 is 0 Å². The topological polar surface area (TPSA) is 87.1 Å². The van der Waals surface area contributed by atoms with Crippen LogP contribution in [0.2, 0.25) is 6.32 Å². The minimum absolute atomic E-state index is 0.154. The number of nitrogens with zero attached hydrogens (tertiary/aromatic N) is 1. The van der Waals surface area contributed by atoms with Crippen LogP contribution in [0.5, 0.6) is 5.75 Å². The van der Waals surface area contributed by atoms with E-state index in [1.54, 1.807) is 24.3 Å². The molecule has 2 fully saturated rings. The van der Waals surface area contributed by atoms with Gasteiger partial charge in [-0.1, -0.05) is 83.9 Å². The van der Waals surface area contributed by atoms with Crippen LogP contribution >= 0.6 is 15.9 Å². The lowest BCUT2D eigenvalue weighted by atomic mass is 9.57. The highest BCUT2D eigenvalue weighted by molar-refractivity contribution is 9.10. The van der Waals surface area contributed by atoms with Crippen molar-refractivity contribution in [2.45, 2.75) is 45.5 Å². The first-order valence-corrected chi connectivity index (χ1v) is 15.8. The van der Waals surface area contributed by atoms with E-state index in [1.807, 2.05) is 60.7 Å². The van der Waals surface area contributed by atoms with Gasteiger partial charge in [0.05, 0.1) is 23.6 Å². The molecule has 0 radical (unpaired) electrons. The number of rotatable bonds is 7. The number of phenols is 1. The third-order valence-electron chi connectivity index (χ3n) is 9.10. The van der Waals surface area contributed by atoms with Gasteiger partial charge < -0.3 is 14.8 Å². The molecule has 8 heteroatoms. The van der Waals surface area contributed by atoms with Crippen molar-refractivity contribution in [2.75, 3.05) is 4.90 Å². The lowest BCUT2D eigenvalue weighted by Crippen LogP contribution is -2.46. The van der Waals surface area contributed by atoms with Gasteiger partial charge >= 0.3 is 7.12 Å². The van der Waals surface area contributed by atoms with E-state index in [9.17, 15) is 19.7 Å². The van der Waals surface area contributed by atoms with E-state index in [2.05, 4.69) is 29.8 Å². The van der Waals surface area contributed by atoms with Gasteiger partial charge in [0, 0.05) is 10.0 Å². The molecule has 2 aliphatic heterocycles. The van der Waals surface area contributed by atoms with Crippen LogP contribution in [-0.2, 0) is 14.2 Å². The fraction of sp³-hybridized carbons (Fsp3) is 0.314. The minimum atomic E-state index is -1.03. The number of phenolic OH excluding ortho intramolecular Hbond substituents is 1. The van der Waals surface area contributed by atoms with Gasteiger partial charge in [-0.3, -0.25) is 14.5 Å². The van der Waals surface area contributed by atoms with Crippen molar-refractivity contribution in [1.82, 2.24) is 0 Å². The van der Waals surface area contributed by atoms with E-state index < -0.39 is 25.1 Å². The summed E-state index contributed by atoms with van der Waals surface area (Å²) in [6.45, 7) is 4.26. The lowest BCUT2D eigenvalue weighted by molar-refractivity contribution is -0.122. The molecule has 2 heterocycles. The van der Waals surface area contributed by atoms with Crippen LogP contribution in [-0.4, -0.2) is 35.2 Å². The Labute approximate surface area is 261 Å². The zero-order valence-corrected chi connectivity index (χ0v) is 25.9. The first-order chi connectivity index (χ1) is 20.7. The van der Waals surface area contributed by atoms with E-state index in [1.165, 1.54) is 4.90 Å². The molecule has 43 heavy (non-hydrogen) atoms. The van der Waals surface area contributed by atoms with E-state index in [-0.39, 0.29) is 35.7 Å². The van der Waals surface area contributed by atoms with Crippen molar-refractivity contribution >= 4 is 52.2 Å². The maximum Gasteiger partial charge on any atom is 0.455 e. The molecule has 0 unspecified atom stereocenters. The first kappa shape index (κ1) is 29.6. The summed E-state index contributed by atoms with van der Waals surface area (Å²) in [5.41, 5.74) is 5.60. The third-order valence-corrected chi connectivity index (χ3v) is 9.59. The average Bonchev–Trinajstić information content (AvgIpc) is 3.26. The molecule has 6 rings (SSSR count). The van der Waals surface area contributed by atoms with Gasteiger partial charge in [0.2, 0.25) is 11.8 Å². The molecule has 0 bridgehead atoms. The van der Waals surface area contributed by atoms with Crippen molar-refractivity contribution in [1.29, 1.82) is 0 Å². The summed E-state index contributed by atoms with van der Waals surface area (Å²) >= 11 is 3.51. The summed E-state index contributed by atoms with van der Waals surface area (Å²) in [7, 11) is -1.03. The van der Waals surface area contributed by atoms with E-state index in [4.69, 9.17) is 4.65 Å². The predicted molar refractivity (Wildman–Crippen MR) is 173 cm³/mol. The second-order valence-electron chi connectivity index (χ2n) is 12.0. The average molecular weight is 640 g/mol. The summed E-state index contributed by atoms with van der Waals surface area (Å²) in [6, 6.07) is 24.5. The van der Waals surface area contributed by atoms with Crippen LogP contribution in [0.3, 0.4) is 0 Å². The molecule has 2 saturated heterocycles. The van der Waals surface area contributed by atoms with Crippen LogP contribution in [0.25, 0.3) is 11.6 Å². The lowest BCUT2D eigenvalue weighted by Gasteiger charge is -2.44. The van der Waals surface area contributed by atoms with Crippen molar-refractivity contribution in [2.24, 2.45) is 23.7 Å². The molecule has 0 spiro atoms. The van der Waals surface area contributed by atoms with Gasteiger partial charge in [0.1, 0.15) is 5.75 Å². The monoisotopic (exact) mass is 639 g/mol. The standard InChI is InChI=1S/C35H35BBrNO5/c1-21(2)27-19-28-33(35(41)38(34(28)40)26-11-7-4-8-12-26)29-20-36(42)43-31(32(27)29)16-13-23(22-9-5-3-6-10-22)17-24-18-25(37)14-15-30(24)39/h3-12,14-15,17-18,21,28-29,31,33,39,42H,13,16,19-20H2,1-2H3/b23-17-/t28-,29+,31-,33-/m1/s1. The van der Waals surface area contributed by atoms with Crippen molar-refractivity contribution in [3.05, 3.63) is 106 Å². The predicted octanol–water partition coefficient (Wildman–Crippen LogP) is 7.13. The second kappa shape index (κ2) is 12.3. The van der Waals surface area contributed by atoms with Gasteiger partial charge in [-0.25, -0.2) is 0 Å². The molecular formula is C35H35BBrNO5. The Morgan fingerprint density at radius 2 is 1.72 bits per heavy atom. The number of allylic oxidation sites excluding steroid dienone is 2. The summed E-state index contributed by atoms with van der Waals surface area (Å²) in [4.78, 5) is 29.0. The molecule has 1 aliphatic carbocycles. The molecule has 6 nitrogen and oxygen atoms in total. The number of fused-ring (bicyclic) bond motifs is 3. The first-order valence-electron chi connectivity index (χ1n) is 15.0. The number of anilines is 1. The number of carbonyl (C=O) groups excluding carboxylic acids is 2. The maximum atomic E-state index is 13.9. The molecule has 3 aromatic rings. The number of halogens is 1. The van der Waals surface area contributed by atoms with E-state index in [0.717, 1.165) is 26.8 Å². The van der Waals surface area contributed by atoms with Crippen molar-refractivity contribution in [3.63, 3.8) is 0 Å². The number of aromatic hydroxyl groups is 1. The molecular weight excluding hydrogens is 605 g/mol. The highest BCUT2D eigenvalue weighted by Crippen LogP contribution is 2.52. The largest absolute Gasteiger partial charge is 0.507 e. The molecule has 4 atom stereocenters. The molecule has 0 aromatic heterocycles. The quantitative estimate of drug-likeness (QED) is 0.124. The Bertz CT molecular complexity index is 1590. The van der Waals surface area contributed by atoms with E-state index in [0.29, 0.717) is 30.5 Å². The third kappa shape index (κ3) is 5.76. The SMILES string of the molecule is CC(C)C1=C2[C@@H](CC/C(=C/c3cc(Br)ccc3O)c3ccccc3)OB(O)C[C@@H]2[C@@H]2C(=O)N(c3ccccc3)C(=O)[C@@H]2C1. The van der Waals surface area contributed by atoms with Crippen LogP contribution in [0.15, 0.2) is 94.5 Å². The number of para-hydroxylation sites is 1. The van der Waals surface area contributed by atoms with Gasteiger partial charge in [-0.15, -0.1) is 0 Å². The Kier molecular flexibility index (Phi) is 8.45. The number of hydrogen-bond donors (Lipinski definition) is 2. The molecule has 2 N–H and O–H groups in total. The summed E-state index contributed by atoms with van der Waals surface area (Å²) in [6.07, 6.45) is 3.60. The number of hydrogen-bond acceptors (Lipinski definition) is 5. The normalized spacial score (nSPS) is 24.1. The summed E-state index contributed by atoms with van der Waals surface area (Å²) in [5, 5.41) is 21.6. The number of benzene rings is 3. The smallest absolute Gasteiger partial charge is 0.455 e. The molecule has 3 aromatic carbocycles. The van der Waals surface area contributed by atoms with Crippen LogP contribution < -0.4 is 4.90 Å². The zero-order valence-electron chi connectivity index (χ0n) is 24.3. The molecule has 2 amide bonds. The van der Waals surface area contributed by atoms with Gasteiger partial charge in [-0.2, -0.15) is 0 Å². The zero-order chi connectivity index (χ0) is 30.2. The van der Waals surface area contributed by atoms with Crippen LogP contribution in [0.4, 0.5) is 5.69 Å². The number of amides is 2. The number of imide groups is 1. The van der Waals surface area contributed by atoms with Gasteiger partial charge in [0.15, 0.2) is 0 Å². The van der Waals surface area contributed by atoms with Gasteiger partial charge in [0.25, 0.3) is 0 Å². The summed E-state index contributed by atoms with van der Waals surface area (Å²) in [5.74, 6) is -1.22. The van der Waals surface area contributed by atoms with Gasteiger partial charge in [-0.05, 0) is 90.5 Å². The Hall–Kier alpha value is -3.46. The van der Waals surface area contributed by atoms with Crippen molar-refractivity contribution in [3.8, 4) is 5.75 Å². The summed E-state index contributed by atoms with van der Waals surface area (Å²) < 4.78 is 7.11. The van der Waals surface area contributed by atoms with Crippen LogP contribution in [0.1, 0.15) is 44.2 Å². The highest BCUT2D eigenvalue weighted by atomic mass is 79.9. The molecule has 0 saturated carbocycles. The minimum Gasteiger partial charge on any atom is -0.507 e. The van der Waals surface area contributed by atoms with Crippen LogP contribution in [0, 0.1) is 23.7 Å². The maximum absolute atomic E-state index is 13.9. The molecule has 3 aliphatic rings. The highest BCUT2D eigenvalue weighted by Gasteiger charge is 2.57. The van der Waals surface area contributed by atoms with Crippen molar-refractivity contribution < 1.29 is 24.4 Å². The molecule has 220 valence electrons. The Morgan fingerprint density at radius 3 is 2.42 bits per heavy atom.